The van der Waals surface area contributed by atoms with Crippen LogP contribution in [0.2, 0.25) is 0 Å². The van der Waals surface area contributed by atoms with Crippen LogP contribution in [-0.4, -0.2) is 29.8 Å². The van der Waals surface area contributed by atoms with Gasteiger partial charge < -0.3 is 10.0 Å². The van der Waals surface area contributed by atoms with E-state index in [1.165, 1.54) is 0 Å². The average Bonchev–Trinajstić information content (AvgIpc) is 2.08. The van der Waals surface area contributed by atoms with Crippen LogP contribution in [0, 0.1) is 6.92 Å². The average molecular weight is 259 g/mol. The molecule has 0 saturated carbocycles. The normalized spacial score (nSPS) is 12.6. The second kappa shape index (κ2) is 4.75. The number of nitrogens with zero attached hydrogens (tertiary/aromatic N) is 2. The summed E-state index contributed by atoms with van der Waals surface area (Å²) in [5, 5.41) is 9.23. The Balaban J connectivity index is 2.80. The molecule has 1 N–H and O–H groups in total. The van der Waals surface area contributed by atoms with Crippen LogP contribution in [0.15, 0.2) is 16.7 Å². The molecule has 1 rings (SSSR count). The molecule has 1 aromatic rings. The van der Waals surface area contributed by atoms with Gasteiger partial charge in [0.25, 0.3) is 0 Å². The molecule has 3 nitrogen and oxygen atoms in total. The SMILES string of the molecule is Cc1cc(N(C)CC(C)O)ncc1Br. The molecule has 0 spiro atoms. The van der Waals surface area contributed by atoms with Gasteiger partial charge in [0.1, 0.15) is 5.82 Å². The number of pyridine rings is 1. The Bertz CT molecular complexity index is 315. The molecule has 1 aromatic heterocycles. The van der Waals surface area contributed by atoms with Crippen molar-refractivity contribution in [2.24, 2.45) is 0 Å². The van der Waals surface area contributed by atoms with E-state index in [-0.39, 0.29) is 6.10 Å². The minimum atomic E-state index is -0.342. The highest BCUT2D eigenvalue weighted by molar-refractivity contribution is 9.10. The van der Waals surface area contributed by atoms with E-state index in [1.54, 1.807) is 13.1 Å². The van der Waals surface area contributed by atoms with Crippen LogP contribution >= 0.6 is 15.9 Å². The molecule has 1 heterocycles. The predicted octanol–water partition coefficient (Wildman–Crippen LogP) is 1.97. The number of aromatic nitrogens is 1. The maximum absolute atomic E-state index is 9.23. The number of hydrogen-bond donors (Lipinski definition) is 1. The number of aliphatic hydroxyl groups excluding tert-OH is 1. The van der Waals surface area contributed by atoms with Crippen LogP contribution in [0.25, 0.3) is 0 Å². The molecule has 4 heteroatoms. The molecule has 0 aromatic carbocycles. The van der Waals surface area contributed by atoms with Gasteiger partial charge in [0.2, 0.25) is 0 Å². The molecule has 14 heavy (non-hydrogen) atoms. The summed E-state index contributed by atoms with van der Waals surface area (Å²) in [5.41, 5.74) is 1.15. The lowest BCUT2D eigenvalue weighted by molar-refractivity contribution is 0.201. The summed E-state index contributed by atoms with van der Waals surface area (Å²) in [5.74, 6) is 0.881. The van der Waals surface area contributed by atoms with Gasteiger partial charge in [-0.2, -0.15) is 0 Å². The number of hydrogen-bond acceptors (Lipinski definition) is 3. The van der Waals surface area contributed by atoms with Gasteiger partial charge in [0, 0.05) is 24.3 Å². The molecular formula is C10H15BrN2O. The first kappa shape index (κ1) is 11.5. The summed E-state index contributed by atoms with van der Waals surface area (Å²) >= 11 is 3.40. The van der Waals surface area contributed by atoms with E-state index in [0.29, 0.717) is 6.54 Å². The van der Waals surface area contributed by atoms with E-state index in [0.717, 1.165) is 15.9 Å². The molecule has 0 aliphatic heterocycles. The number of aryl methyl sites for hydroxylation is 1. The second-order valence-corrected chi connectivity index (χ2v) is 4.38. The van der Waals surface area contributed by atoms with Crippen LogP contribution in [0.5, 0.6) is 0 Å². The molecule has 1 unspecified atom stereocenters. The van der Waals surface area contributed by atoms with Crippen molar-refractivity contribution < 1.29 is 5.11 Å². The van der Waals surface area contributed by atoms with Crippen molar-refractivity contribution in [2.75, 3.05) is 18.5 Å². The van der Waals surface area contributed by atoms with E-state index in [9.17, 15) is 5.11 Å². The van der Waals surface area contributed by atoms with Crippen molar-refractivity contribution in [2.45, 2.75) is 20.0 Å². The maximum atomic E-state index is 9.23. The number of aliphatic hydroxyl groups is 1. The van der Waals surface area contributed by atoms with Gasteiger partial charge >= 0.3 is 0 Å². The summed E-state index contributed by atoms with van der Waals surface area (Å²) in [6.45, 7) is 4.38. The topological polar surface area (TPSA) is 36.4 Å². The number of rotatable bonds is 3. The van der Waals surface area contributed by atoms with Crippen molar-refractivity contribution >= 4 is 21.7 Å². The summed E-state index contributed by atoms with van der Waals surface area (Å²) in [6.07, 6.45) is 1.44. The minimum Gasteiger partial charge on any atom is -0.392 e. The highest BCUT2D eigenvalue weighted by atomic mass is 79.9. The minimum absolute atomic E-state index is 0.342. The summed E-state index contributed by atoms with van der Waals surface area (Å²) < 4.78 is 1.01. The highest BCUT2D eigenvalue weighted by Crippen LogP contribution is 2.19. The van der Waals surface area contributed by atoms with Crippen molar-refractivity contribution in [3.05, 3.63) is 22.3 Å². The van der Waals surface area contributed by atoms with Crippen molar-refractivity contribution in [3.63, 3.8) is 0 Å². The molecule has 1 atom stereocenters. The number of halogens is 1. The van der Waals surface area contributed by atoms with Gasteiger partial charge in [-0.15, -0.1) is 0 Å². The Kier molecular flexibility index (Phi) is 3.89. The Hall–Kier alpha value is -0.610. The van der Waals surface area contributed by atoms with E-state index < -0.39 is 0 Å². The molecule has 0 amide bonds. The quantitative estimate of drug-likeness (QED) is 0.901. The molecule has 0 radical (unpaired) electrons. The predicted molar refractivity (Wildman–Crippen MR) is 61.6 cm³/mol. The third kappa shape index (κ3) is 2.96. The first-order valence-corrected chi connectivity index (χ1v) is 5.31. The van der Waals surface area contributed by atoms with E-state index >= 15 is 0 Å². The Morgan fingerprint density at radius 1 is 1.64 bits per heavy atom. The first-order chi connectivity index (χ1) is 6.50. The van der Waals surface area contributed by atoms with Crippen molar-refractivity contribution in [3.8, 4) is 0 Å². The van der Waals surface area contributed by atoms with Gasteiger partial charge in [0.15, 0.2) is 0 Å². The van der Waals surface area contributed by atoms with Gasteiger partial charge in [-0.25, -0.2) is 4.98 Å². The fourth-order valence-corrected chi connectivity index (χ4v) is 1.44. The van der Waals surface area contributed by atoms with Crippen LogP contribution in [0.3, 0.4) is 0 Å². The molecule has 0 aliphatic rings. The number of likely N-dealkylation sites (N-methyl/N-ethyl adjacent to an activating group) is 1. The lowest BCUT2D eigenvalue weighted by atomic mass is 10.3. The summed E-state index contributed by atoms with van der Waals surface area (Å²) in [7, 11) is 1.92. The Morgan fingerprint density at radius 2 is 2.29 bits per heavy atom. The monoisotopic (exact) mass is 258 g/mol. The van der Waals surface area contributed by atoms with Crippen molar-refractivity contribution in [1.82, 2.24) is 4.98 Å². The standard InChI is InChI=1S/C10H15BrN2O/c1-7-4-10(12-5-9(7)11)13(3)6-8(2)14/h4-5,8,14H,6H2,1-3H3. The van der Waals surface area contributed by atoms with E-state index in [2.05, 4.69) is 20.9 Å². The lowest BCUT2D eigenvalue weighted by Gasteiger charge is -2.20. The highest BCUT2D eigenvalue weighted by Gasteiger charge is 2.06. The zero-order chi connectivity index (χ0) is 10.7. The molecule has 0 fully saturated rings. The smallest absolute Gasteiger partial charge is 0.128 e. The van der Waals surface area contributed by atoms with Gasteiger partial charge in [-0.3, -0.25) is 0 Å². The molecule has 78 valence electrons. The summed E-state index contributed by atoms with van der Waals surface area (Å²) in [4.78, 5) is 6.19. The van der Waals surface area contributed by atoms with Crippen LogP contribution in [-0.2, 0) is 0 Å². The molecular weight excluding hydrogens is 244 g/mol. The number of anilines is 1. The van der Waals surface area contributed by atoms with Gasteiger partial charge in [-0.05, 0) is 41.4 Å². The molecule has 0 saturated heterocycles. The van der Waals surface area contributed by atoms with E-state index in [4.69, 9.17) is 0 Å². The van der Waals surface area contributed by atoms with Crippen molar-refractivity contribution in [1.29, 1.82) is 0 Å². The third-order valence-electron chi connectivity index (χ3n) is 1.96. The summed E-state index contributed by atoms with van der Waals surface area (Å²) in [6, 6.07) is 1.99. The third-order valence-corrected chi connectivity index (χ3v) is 2.79. The fourth-order valence-electron chi connectivity index (χ4n) is 1.22. The Morgan fingerprint density at radius 3 is 2.79 bits per heavy atom. The maximum Gasteiger partial charge on any atom is 0.128 e. The van der Waals surface area contributed by atoms with Gasteiger partial charge in [0.05, 0.1) is 6.10 Å². The second-order valence-electron chi connectivity index (χ2n) is 3.52. The zero-order valence-corrected chi connectivity index (χ0v) is 10.2. The van der Waals surface area contributed by atoms with Crippen LogP contribution in [0.4, 0.5) is 5.82 Å². The van der Waals surface area contributed by atoms with E-state index in [1.807, 2.05) is 24.9 Å². The molecule has 0 bridgehead atoms. The lowest BCUT2D eigenvalue weighted by Crippen LogP contribution is -2.27. The van der Waals surface area contributed by atoms with Crippen LogP contribution in [0.1, 0.15) is 12.5 Å². The Labute approximate surface area is 92.9 Å². The largest absolute Gasteiger partial charge is 0.392 e. The van der Waals surface area contributed by atoms with Crippen LogP contribution < -0.4 is 4.90 Å². The fraction of sp³-hybridized carbons (Fsp3) is 0.500. The molecule has 0 aliphatic carbocycles. The first-order valence-electron chi connectivity index (χ1n) is 4.52. The van der Waals surface area contributed by atoms with Gasteiger partial charge in [-0.1, -0.05) is 0 Å². The zero-order valence-electron chi connectivity index (χ0n) is 8.66.